The summed E-state index contributed by atoms with van der Waals surface area (Å²) in [6, 6.07) is 11.7. The van der Waals surface area contributed by atoms with Crippen molar-refractivity contribution in [2.24, 2.45) is 0 Å². The molecule has 0 aliphatic carbocycles. The summed E-state index contributed by atoms with van der Waals surface area (Å²) >= 11 is 0. The van der Waals surface area contributed by atoms with Crippen LogP contribution in [-0.2, 0) is 6.18 Å². The molecule has 6 aromatic rings. The molecule has 4 heterocycles. The van der Waals surface area contributed by atoms with Crippen molar-refractivity contribution in [3.63, 3.8) is 0 Å². The molecular weight excluding hydrogens is 461 g/mol. The first-order chi connectivity index (χ1) is 16.9. The van der Waals surface area contributed by atoms with Crippen molar-refractivity contribution < 1.29 is 18.3 Å². The monoisotopic (exact) mass is 476 g/mol. The number of alkyl halides is 3. The number of benzene rings is 2. The number of aromatic amines is 3. The van der Waals surface area contributed by atoms with Gasteiger partial charge < -0.3 is 20.4 Å². The van der Waals surface area contributed by atoms with E-state index in [0.717, 1.165) is 10.9 Å². The van der Waals surface area contributed by atoms with Gasteiger partial charge in [0.15, 0.2) is 17.5 Å². The molecule has 0 aliphatic heterocycles. The van der Waals surface area contributed by atoms with Gasteiger partial charge in [0.05, 0.1) is 40.4 Å². The van der Waals surface area contributed by atoms with Crippen LogP contribution in [0.5, 0.6) is 5.88 Å². The van der Waals surface area contributed by atoms with E-state index in [-0.39, 0.29) is 28.0 Å². The summed E-state index contributed by atoms with van der Waals surface area (Å²) in [6.07, 6.45) is -0.531. The van der Waals surface area contributed by atoms with Crippen LogP contribution in [0.4, 0.5) is 24.8 Å². The summed E-state index contributed by atoms with van der Waals surface area (Å²) in [4.78, 5) is 18.1. The number of rotatable bonds is 4. The zero-order valence-electron chi connectivity index (χ0n) is 17.6. The average Bonchev–Trinajstić information content (AvgIpc) is 3.59. The molecule has 0 amide bonds. The predicted molar refractivity (Wildman–Crippen MR) is 123 cm³/mol. The second-order valence-electron chi connectivity index (χ2n) is 7.76. The SMILES string of the molecule is Oc1[nH]cc2ccc(-c3nc(Nc4n[nH]c5ccccc45)cc(-c4cnc[nH]4)n3)c(C(F)(F)F)c12. The molecule has 0 bridgehead atoms. The number of imidazole rings is 1. The quantitative estimate of drug-likeness (QED) is 0.233. The van der Waals surface area contributed by atoms with E-state index in [9.17, 15) is 18.3 Å². The Balaban J connectivity index is 1.57. The van der Waals surface area contributed by atoms with Crippen LogP contribution >= 0.6 is 0 Å². The van der Waals surface area contributed by atoms with Crippen LogP contribution in [0, 0.1) is 0 Å². The third-order valence-corrected chi connectivity index (χ3v) is 5.58. The molecular formula is C23H15F3N8O. The molecule has 5 N–H and O–H groups in total. The number of aromatic nitrogens is 7. The summed E-state index contributed by atoms with van der Waals surface area (Å²) in [7, 11) is 0. The number of para-hydroxylation sites is 1. The highest BCUT2D eigenvalue weighted by Crippen LogP contribution is 2.44. The fourth-order valence-corrected chi connectivity index (χ4v) is 4.04. The van der Waals surface area contributed by atoms with E-state index in [1.165, 1.54) is 30.9 Å². The molecule has 2 aromatic carbocycles. The van der Waals surface area contributed by atoms with E-state index in [2.05, 4.69) is 40.4 Å². The molecule has 9 nitrogen and oxygen atoms in total. The lowest BCUT2D eigenvalue weighted by atomic mass is 10.0. The van der Waals surface area contributed by atoms with Gasteiger partial charge in [0.2, 0.25) is 0 Å². The number of hydrogen-bond donors (Lipinski definition) is 5. The summed E-state index contributed by atoms with van der Waals surface area (Å²) in [6.45, 7) is 0. The summed E-state index contributed by atoms with van der Waals surface area (Å²) in [5.74, 6) is -0.0894. The number of nitrogens with zero attached hydrogens (tertiary/aromatic N) is 4. The van der Waals surface area contributed by atoms with Crippen LogP contribution in [-0.4, -0.2) is 40.2 Å². The van der Waals surface area contributed by atoms with Gasteiger partial charge in [0, 0.05) is 28.6 Å². The van der Waals surface area contributed by atoms with Crippen LogP contribution in [0.3, 0.4) is 0 Å². The van der Waals surface area contributed by atoms with Gasteiger partial charge >= 0.3 is 6.18 Å². The fraction of sp³-hybridized carbons (Fsp3) is 0.0435. The third-order valence-electron chi connectivity index (χ3n) is 5.58. The number of halogens is 3. The molecule has 35 heavy (non-hydrogen) atoms. The smallest absolute Gasteiger partial charge is 0.417 e. The van der Waals surface area contributed by atoms with Gasteiger partial charge in [-0.05, 0) is 18.2 Å². The van der Waals surface area contributed by atoms with E-state index in [1.54, 1.807) is 6.07 Å². The number of aromatic hydroxyl groups is 1. The zero-order chi connectivity index (χ0) is 24.2. The molecule has 0 saturated heterocycles. The molecule has 0 saturated carbocycles. The van der Waals surface area contributed by atoms with Crippen LogP contribution in [0.1, 0.15) is 5.56 Å². The second kappa shape index (κ2) is 7.58. The van der Waals surface area contributed by atoms with Crippen molar-refractivity contribution in [3.8, 4) is 28.7 Å². The van der Waals surface area contributed by atoms with Gasteiger partial charge in [-0.2, -0.15) is 18.3 Å². The van der Waals surface area contributed by atoms with Gasteiger partial charge in [-0.3, -0.25) is 5.10 Å². The lowest BCUT2D eigenvalue weighted by molar-refractivity contribution is -0.135. The van der Waals surface area contributed by atoms with Crippen LogP contribution in [0.2, 0.25) is 0 Å². The van der Waals surface area contributed by atoms with Crippen molar-refractivity contribution in [2.45, 2.75) is 6.18 Å². The van der Waals surface area contributed by atoms with E-state index in [1.807, 2.05) is 24.3 Å². The van der Waals surface area contributed by atoms with E-state index in [4.69, 9.17) is 0 Å². The Hall–Kier alpha value is -4.87. The van der Waals surface area contributed by atoms with E-state index < -0.39 is 17.6 Å². The van der Waals surface area contributed by atoms with Gasteiger partial charge in [-0.25, -0.2) is 15.0 Å². The fourth-order valence-electron chi connectivity index (χ4n) is 4.04. The number of H-pyrrole nitrogens is 3. The molecule has 174 valence electrons. The Labute approximate surface area is 194 Å². The second-order valence-corrected chi connectivity index (χ2v) is 7.76. The minimum Gasteiger partial charge on any atom is -0.494 e. The maximum Gasteiger partial charge on any atom is 0.417 e. The molecule has 12 heteroatoms. The normalized spacial score (nSPS) is 12.0. The minimum absolute atomic E-state index is 0.186. The highest BCUT2D eigenvalue weighted by molar-refractivity contribution is 5.96. The van der Waals surface area contributed by atoms with Gasteiger partial charge in [-0.15, -0.1) is 0 Å². The Kier molecular flexibility index (Phi) is 4.49. The standard InChI is InChI=1S/C23H15F3N8O/c24-23(25,26)19-13(6-5-11-8-28-22(35)18(11)19)20-30-15(16-9-27-10-29-16)7-17(31-20)32-21-12-3-1-2-4-14(12)33-34-21/h1-10,28,35H,(H,27,29)(H2,30,31,32,33,34). The number of anilines is 2. The lowest BCUT2D eigenvalue weighted by Crippen LogP contribution is -2.10. The van der Waals surface area contributed by atoms with Gasteiger partial charge in [0.1, 0.15) is 5.82 Å². The van der Waals surface area contributed by atoms with Crippen LogP contribution < -0.4 is 5.32 Å². The average molecular weight is 476 g/mol. The number of hydrogen-bond acceptors (Lipinski definition) is 6. The first-order valence-electron chi connectivity index (χ1n) is 10.4. The molecule has 0 radical (unpaired) electrons. The maximum absolute atomic E-state index is 14.2. The zero-order valence-corrected chi connectivity index (χ0v) is 17.6. The summed E-state index contributed by atoms with van der Waals surface area (Å²) in [5, 5.41) is 21.0. The largest absolute Gasteiger partial charge is 0.494 e. The van der Waals surface area contributed by atoms with Crippen molar-refractivity contribution in [3.05, 3.63) is 66.7 Å². The first kappa shape index (κ1) is 20.7. The van der Waals surface area contributed by atoms with Gasteiger partial charge in [0.25, 0.3) is 0 Å². The van der Waals surface area contributed by atoms with E-state index >= 15 is 0 Å². The summed E-state index contributed by atoms with van der Waals surface area (Å²) < 4.78 is 42.7. The predicted octanol–water partition coefficient (Wildman–Crippen LogP) is 5.36. The Morgan fingerprint density at radius 1 is 1.00 bits per heavy atom. The van der Waals surface area contributed by atoms with Gasteiger partial charge in [-0.1, -0.05) is 18.2 Å². The third kappa shape index (κ3) is 3.51. The first-order valence-corrected chi connectivity index (χ1v) is 10.4. The molecule has 0 atom stereocenters. The number of nitrogens with one attached hydrogen (secondary N) is 4. The van der Waals surface area contributed by atoms with Crippen LogP contribution in [0.15, 0.2) is 61.2 Å². The molecule has 0 aliphatic rings. The molecule has 0 fully saturated rings. The maximum atomic E-state index is 14.2. The Morgan fingerprint density at radius 3 is 2.66 bits per heavy atom. The Morgan fingerprint density at radius 2 is 1.86 bits per heavy atom. The highest BCUT2D eigenvalue weighted by atomic mass is 19.4. The molecule has 4 aromatic heterocycles. The molecule has 6 rings (SSSR count). The van der Waals surface area contributed by atoms with E-state index in [0.29, 0.717) is 17.2 Å². The van der Waals surface area contributed by atoms with Crippen molar-refractivity contribution in [1.82, 2.24) is 35.1 Å². The van der Waals surface area contributed by atoms with Crippen molar-refractivity contribution >= 4 is 33.3 Å². The van der Waals surface area contributed by atoms with Crippen molar-refractivity contribution in [1.29, 1.82) is 0 Å². The molecule has 0 spiro atoms. The molecule has 0 unspecified atom stereocenters. The number of fused-ring (bicyclic) bond motifs is 2. The lowest BCUT2D eigenvalue weighted by Gasteiger charge is -2.15. The Bertz CT molecular complexity index is 1680. The topological polar surface area (TPSA) is 131 Å². The summed E-state index contributed by atoms with van der Waals surface area (Å²) in [5.41, 5.74) is 0.276. The van der Waals surface area contributed by atoms with Crippen LogP contribution in [0.25, 0.3) is 44.5 Å². The highest BCUT2D eigenvalue weighted by Gasteiger charge is 2.38. The minimum atomic E-state index is -4.78. The van der Waals surface area contributed by atoms with Crippen molar-refractivity contribution in [2.75, 3.05) is 5.32 Å².